The van der Waals surface area contributed by atoms with Gasteiger partial charge in [-0.05, 0) is 51.3 Å². The number of carbonyl (C=O) groups excluding carboxylic acids is 2. The summed E-state index contributed by atoms with van der Waals surface area (Å²) in [7, 11) is 0. The molecule has 0 spiro atoms. The minimum absolute atomic E-state index is 0.224. The number of ether oxygens (including phenoxy) is 1. The molecule has 0 fully saturated rings. The Hall–Kier alpha value is -1.84. The van der Waals surface area contributed by atoms with Gasteiger partial charge < -0.3 is 14.8 Å². The fraction of sp³-hybridized carbons (Fsp3) is 0.500. The summed E-state index contributed by atoms with van der Waals surface area (Å²) in [5.41, 5.74) is 2.66. The van der Waals surface area contributed by atoms with Crippen molar-refractivity contribution in [1.29, 1.82) is 0 Å². The number of benzene rings is 1. The number of rotatable bonds is 4. The van der Waals surface area contributed by atoms with E-state index < -0.39 is 11.7 Å². The molecule has 1 atom stereocenters. The molecule has 0 aromatic heterocycles. The average molecular weight is 277 g/mol. The molecule has 0 unspecified atom stereocenters. The molecule has 0 saturated carbocycles. The van der Waals surface area contributed by atoms with Crippen molar-refractivity contribution in [3.05, 3.63) is 34.9 Å². The Labute approximate surface area is 120 Å². The van der Waals surface area contributed by atoms with Gasteiger partial charge in [0.05, 0.1) is 6.04 Å². The van der Waals surface area contributed by atoms with Gasteiger partial charge in [-0.3, -0.25) is 0 Å². The second kappa shape index (κ2) is 6.55. The highest BCUT2D eigenvalue weighted by Crippen LogP contribution is 2.20. The van der Waals surface area contributed by atoms with Crippen molar-refractivity contribution >= 4 is 12.4 Å². The van der Waals surface area contributed by atoms with Crippen LogP contribution in [0, 0.1) is 13.8 Å². The number of nitrogens with one attached hydrogen (secondary N) is 1. The monoisotopic (exact) mass is 277 g/mol. The number of alkyl carbamates (subject to hydrolysis) is 1. The maximum absolute atomic E-state index is 11.8. The second-order valence-electron chi connectivity index (χ2n) is 5.94. The highest BCUT2D eigenvalue weighted by atomic mass is 16.6. The van der Waals surface area contributed by atoms with Crippen LogP contribution in [0.2, 0.25) is 0 Å². The Morgan fingerprint density at radius 1 is 1.30 bits per heavy atom. The molecule has 0 radical (unpaired) electrons. The molecule has 0 aliphatic carbocycles. The number of hydrogen-bond donors (Lipinski definition) is 1. The fourth-order valence-electron chi connectivity index (χ4n) is 1.81. The molecule has 1 aromatic rings. The van der Waals surface area contributed by atoms with E-state index in [2.05, 4.69) is 5.32 Å². The summed E-state index contributed by atoms with van der Waals surface area (Å²) in [5, 5.41) is 2.75. The topological polar surface area (TPSA) is 55.4 Å². The predicted octanol–water partition coefficient (Wildman–Crippen LogP) is 3.46. The van der Waals surface area contributed by atoms with Crippen molar-refractivity contribution in [2.75, 3.05) is 0 Å². The minimum Gasteiger partial charge on any atom is -0.444 e. The molecule has 1 N–H and O–H groups in total. The molecule has 20 heavy (non-hydrogen) atoms. The van der Waals surface area contributed by atoms with Crippen LogP contribution in [0.4, 0.5) is 4.79 Å². The van der Waals surface area contributed by atoms with Gasteiger partial charge >= 0.3 is 6.09 Å². The molecule has 1 amide bonds. The maximum atomic E-state index is 11.8. The van der Waals surface area contributed by atoms with Crippen LogP contribution in [-0.2, 0) is 9.53 Å². The van der Waals surface area contributed by atoms with Gasteiger partial charge in [-0.15, -0.1) is 0 Å². The summed E-state index contributed by atoms with van der Waals surface area (Å²) in [6.45, 7) is 9.44. The third-order valence-electron chi connectivity index (χ3n) is 2.96. The Morgan fingerprint density at radius 3 is 2.45 bits per heavy atom. The summed E-state index contributed by atoms with van der Waals surface area (Å²) in [6, 6.07) is 5.54. The highest BCUT2D eigenvalue weighted by Gasteiger charge is 2.20. The smallest absolute Gasteiger partial charge is 0.408 e. The minimum atomic E-state index is -0.557. The molecule has 1 rings (SSSR count). The summed E-state index contributed by atoms with van der Waals surface area (Å²) >= 11 is 0. The zero-order valence-electron chi connectivity index (χ0n) is 12.8. The lowest BCUT2D eigenvalue weighted by Gasteiger charge is -2.23. The Morgan fingerprint density at radius 2 is 1.95 bits per heavy atom. The zero-order chi connectivity index (χ0) is 15.3. The van der Waals surface area contributed by atoms with Crippen molar-refractivity contribution < 1.29 is 14.3 Å². The van der Waals surface area contributed by atoms with Crippen molar-refractivity contribution in [3.63, 3.8) is 0 Å². The quantitative estimate of drug-likeness (QED) is 0.857. The van der Waals surface area contributed by atoms with Crippen molar-refractivity contribution in [1.82, 2.24) is 5.32 Å². The van der Waals surface area contributed by atoms with E-state index in [0.717, 1.165) is 17.4 Å². The number of carbonyl (C=O) groups is 2. The van der Waals surface area contributed by atoms with Gasteiger partial charge in [0.2, 0.25) is 0 Å². The first-order valence-corrected chi connectivity index (χ1v) is 6.73. The lowest BCUT2D eigenvalue weighted by Crippen LogP contribution is -2.35. The summed E-state index contributed by atoms with van der Waals surface area (Å²) in [6.07, 6.45) is 0.515. The highest BCUT2D eigenvalue weighted by molar-refractivity contribution is 5.69. The van der Waals surface area contributed by atoms with Gasteiger partial charge in [-0.2, -0.15) is 0 Å². The molecular weight excluding hydrogens is 254 g/mol. The lowest BCUT2D eigenvalue weighted by molar-refractivity contribution is -0.108. The molecule has 0 saturated heterocycles. The number of amides is 1. The number of hydrogen-bond acceptors (Lipinski definition) is 3. The van der Waals surface area contributed by atoms with Gasteiger partial charge in [0.1, 0.15) is 11.9 Å². The van der Waals surface area contributed by atoms with Crippen LogP contribution < -0.4 is 5.32 Å². The van der Waals surface area contributed by atoms with E-state index in [4.69, 9.17) is 4.74 Å². The van der Waals surface area contributed by atoms with E-state index in [9.17, 15) is 9.59 Å². The number of aryl methyl sites for hydroxylation is 2. The van der Waals surface area contributed by atoms with Gasteiger partial charge in [0.25, 0.3) is 0 Å². The van der Waals surface area contributed by atoms with Crippen LogP contribution in [-0.4, -0.2) is 18.0 Å². The van der Waals surface area contributed by atoms with Crippen LogP contribution in [0.5, 0.6) is 0 Å². The van der Waals surface area contributed by atoms with Crippen LogP contribution in [0.25, 0.3) is 0 Å². The normalized spacial score (nSPS) is 12.7. The molecular formula is C16H23NO3. The van der Waals surface area contributed by atoms with Crippen molar-refractivity contribution in [2.24, 2.45) is 0 Å². The van der Waals surface area contributed by atoms with E-state index in [1.54, 1.807) is 20.8 Å². The maximum Gasteiger partial charge on any atom is 0.408 e. The molecule has 110 valence electrons. The van der Waals surface area contributed by atoms with E-state index in [0.29, 0.717) is 0 Å². The summed E-state index contributed by atoms with van der Waals surface area (Å²) in [5.74, 6) is 0. The third kappa shape index (κ3) is 5.03. The van der Waals surface area contributed by atoms with Crippen LogP contribution >= 0.6 is 0 Å². The molecule has 0 heterocycles. The van der Waals surface area contributed by atoms with E-state index in [1.807, 2.05) is 32.0 Å². The molecule has 1 aromatic carbocycles. The lowest BCUT2D eigenvalue weighted by atomic mass is 9.99. The Bertz CT molecular complexity index is 489. The zero-order valence-corrected chi connectivity index (χ0v) is 12.8. The average Bonchev–Trinajstić information content (AvgIpc) is 2.30. The molecule has 0 aliphatic heterocycles. The summed E-state index contributed by atoms with van der Waals surface area (Å²) < 4.78 is 5.22. The first kappa shape index (κ1) is 16.2. The van der Waals surface area contributed by atoms with E-state index in [1.165, 1.54) is 5.56 Å². The van der Waals surface area contributed by atoms with Crippen molar-refractivity contribution in [3.8, 4) is 0 Å². The molecule has 4 heteroatoms. The number of aldehydes is 1. The largest absolute Gasteiger partial charge is 0.444 e. The SMILES string of the molecule is Cc1ccc([C@@H](CC=O)NC(=O)OC(C)(C)C)cc1C. The van der Waals surface area contributed by atoms with Gasteiger partial charge in [0.15, 0.2) is 0 Å². The Kier molecular flexibility index (Phi) is 5.31. The molecule has 4 nitrogen and oxygen atoms in total. The van der Waals surface area contributed by atoms with Gasteiger partial charge in [-0.1, -0.05) is 18.2 Å². The van der Waals surface area contributed by atoms with Crippen LogP contribution in [0.15, 0.2) is 18.2 Å². The summed E-state index contributed by atoms with van der Waals surface area (Å²) in [4.78, 5) is 22.6. The first-order chi connectivity index (χ1) is 9.23. The van der Waals surface area contributed by atoms with Crippen LogP contribution in [0.1, 0.15) is 49.9 Å². The van der Waals surface area contributed by atoms with Gasteiger partial charge in [0, 0.05) is 6.42 Å². The first-order valence-electron chi connectivity index (χ1n) is 6.73. The third-order valence-corrected chi connectivity index (χ3v) is 2.96. The van der Waals surface area contributed by atoms with Crippen molar-refractivity contribution in [2.45, 2.75) is 52.7 Å². The van der Waals surface area contributed by atoms with E-state index in [-0.39, 0.29) is 12.5 Å². The van der Waals surface area contributed by atoms with E-state index >= 15 is 0 Å². The second-order valence-corrected chi connectivity index (χ2v) is 5.94. The predicted molar refractivity (Wildman–Crippen MR) is 78.7 cm³/mol. The van der Waals surface area contributed by atoms with Gasteiger partial charge in [-0.25, -0.2) is 4.79 Å². The molecule has 0 aliphatic rings. The fourth-order valence-corrected chi connectivity index (χ4v) is 1.81. The standard InChI is InChI=1S/C16H23NO3/c1-11-6-7-13(10-12(11)2)14(8-9-18)17-15(19)20-16(3,4)5/h6-7,9-10,14H,8H2,1-5H3,(H,17,19)/t14-/m1/s1. The Balaban J connectivity index is 2.85. The van der Waals surface area contributed by atoms with Crippen LogP contribution in [0.3, 0.4) is 0 Å². The molecule has 0 bridgehead atoms.